The van der Waals surface area contributed by atoms with Gasteiger partial charge in [0, 0.05) is 31.0 Å². The molecule has 2 aromatic rings. The fraction of sp³-hybridized carbons (Fsp3) is 0.125. The predicted octanol–water partition coefficient (Wildman–Crippen LogP) is 3.26. The number of aromatic nitrogens is 1. The second-order valence-electron chi connectivity index (χ2n) is 5.02. The van der Waals surface area contributed by atoms with Crippen LogP contribution < -0.4 is 11.3 Å². The fourth-order valence-corrected chi connectivity index (χ4v) is 2.95. The van der Waals surface area contributed by atoms with Crippen LogP contribution in [-0.4, -0.2) is 22.9 Å². The van der Waals surface area contributed by atoms with Gasteiger partial charge < -0.3 is 10.8 Å². The minimum atomic E-state index is -1.28. The molecular formula is C16H12BrClF3N3O2. The molecule has 2 rings (SSSR count). The molecule has 0 amide bonds. The summed E-state index contributed by atoms with van der Waals surface area (Å²) in [5.41, 5.74) is 3.86. The zero-order valence-corrected chi connectivity index (χ0v) is 15.6. The van der Waals surface area contributed by atoms with Crippen molar-refractivity contribution in [2.24, 2.45) is 10.7 Å². The first-order valence-corrected chi connectivity index (χ1v) is 8.16. The highest BCUT2D eigenvalue weighted by atomic mass is 79.9. The molecule has 26 heavy (non-hydrogen) atoms. The van der Waals surface area contributed by atoms with Gasteiger partial charge in [0.2, 0.25) is 0 Å². The van der Waals surface area contributed by atoms with E-state index >= 15 is 0 Å². The molecule has 1 aromatic carbocycles. The van der Waals surface area contributed by atoms with Crippen molar-refractivity contribution in [1.29, 1.82) is 0 Å². The lowest BCUT2D eigenvalue weighted by molar-refractivity contribution is 0.207. The lowest BCUT2D eigenvalue weighted by atomic mass is 10.0. The molecule has 0 fully saturated rings. The molecule has 0 aliphatic rings. The molecule has 0 aliphatic heterocycles. The summed E-state index contributed by atoms with van der Waals surface area (Å²) in [5, 5.41) is 9.22. The van der Waals surface area contributed by atoms with E-state index in [4.69, 9.17) is 17.3 Å². The molecule has 0 unspecified atom stereocenters. The molecule has 138 valence electrons. The highest BCUT2D eigenvalue weighted by Gasteiger charge is 2.24. The normalized spacial score (nSPS) is 12.6. The van der Waals surface area contributed by atoms with Gasteiger partial charge in [-0.05, 0) is 22.0 Å². The number of rotatable bonds is 4. The van der Waals surface area contributed by atoms with Gasteiger partial charge in [-0.25, -0.2) is 13.2 Å². The maximum atomic E-state index is 14.3. The van der Waals surface area contributed by atoms with Crippen molar-refractivity contribution in [3.63, 3.8) is 0 Å². The summed E-state index contributed by atoms with van der Waals surface area (Å²) >= 11 is 9.02. The second-order valence-corrected chi connectivity index (χ2v) is 6.28. The summed E-state index contributed by atoms with van der Waals surface area (Å²) in [6, 6.07) is 2.00. The number of halogens is 5. The van der Waals surface area contributed by atoms with E-state index in [1.54, 1.807) is 0 Å². The average molecular weight is 451 g/mol. The maximum Gasteiger partial charge on any atom is 0.271 e. The number of nitrogens with zero attached hydrogens (tertiary/aromatic N) is 2. The summed E-state index contributed by atoms with van der Waals surface area (Å²) in [6.45, 7) is -0.940. The third-order valence-electron chi connectivity index (χ3n) is 3.42. The molecule has 0 aliphatic carbocycles. The first kappa shape index (κ1) is 20.2. The quantitative estimate of drug-likeness (QED) is 0.702. The number of nitrogens with two attached hydrogens (primary N) is 1. The van der Waals surface area contributed by atoms with E-state index in [0.717, 1.165) is 6.07 Å². The number of pyridine rings is 1. The smallest absolute Gasteiger partial charge is 0.271 e. The molecule has 1 aromatic heterocycles. The first-order valence-electron chi connectivity index (χ1n) is 6.99. The van der Waals surface area contributed by atoms with Crippen LogP contribution >= 0.6 is 27.5 Å². The van der Waals surface area contributed by atoms with Gasteiger partial charge in [-0.3, -0.25) is 14.4 Å². The molecule has 3 N–H and O–H groups in total. The van der Waals surface area contributed by atoms with Gasteiger partial charge in [-0.1, -0.05) is 11.6 Å². The Morgan fingerprint density at radius 2 is 1.92 bits per heavy atom. The molecule has 10 heteroatoms. The first-order chi connectivity index (χ1) is 12.2. The Hall–Kier alpha value is -2.10. The van der Waals surface area contributed by atoms with E-state index in [1.165, 1.54) is 13.3 Å². The van der Waals surface area contributed by atoms with E-state index in [-0.39, 0.29) is 20.8 Å². The van der Waals surface area contributed by atoms with Gasteiger partial charge in [-0.2, -0.15) is 0 Å². The minimum Gasteiger partial charge on any atom is -0.397 e. The van der Waals surface area contributed by atoms with Gasteiger partial charge in [0.05, 0.1) is 21.4 Å². The van der Waals surface area contributed by atoms with Crippen LogP contribution in [0.2, 0.25) is 5.02 Å². The topological polar surface area (TPSA) is 80.6 Å². The lowest BCUT2D eigenvalue weighted by Crippen LogP contribution is -2.25. The van der Waals surface area contributed by atoms with Crippen molar-refractivity contribution in [2.75, 3.05) is 7.05 Å². The van der Waals surface area contributed by atoms with Gasteiger partial charge in [0.1, 0.15) is 29.2 Å². The highest BCUT2D eigenvalue weighted by Crippen LogP contribution is 2.33. The number of aliphatic hydroxyl groups is 1. The largest absolute Gasteiger partial charge is 0.397 e. The van der Waals surface area contributed by atoms with Crippen LogP contribution in [0.1, 0.15) is 5.56 Å². The van der Waals surface area contributed by atoms with Gasteiger partial charge in [0.25, 0.3) is 5.56 Å². The Labute approximate surface area is 159 Å². The predicted molar refractivity (Wildman–Crippen MR) is 97.7 cm³/mol. The third kappa shape index (κ3) is 3.69. The van der Waals surface area contributed by atoms with Crippen molar-refractivity contribution in [3.05, 3.63) is 61.1 Å². The Morgan fingerprint density at radius 1 is 1.35 bits per heavy atom. The van der Waals surface area contributed by atoms with Crippen LogP contribution in [-0.2, 0) is 6.73 Å². The van der Waals surface area contributed by atoms with Crippen molar-refractivity contribution in [3.8, 4) is 11.3 Å². The van der Waals surface area contributed by atoms with Crippen molar-refractivity contribution >= 4 is 39.4 Å². The summed E-state index contributed by atoms with van der Waals surface area (Å²) in [5.74, 6) is -3.69. The van der Waals surface area contributed by atoms with Crippen molar-refractivity contribution in [2.45, 2.75) is 6.73 Å². The molecule has 0 atom stereocenters. The molecule has 0 saturated carbocycles. The number of allylic oxidation sites excluding steroid dienone is 1. The third-order valence-corrected chi connectivity index (χ3v) is 4.32. The summed E-state index contributed by atoms with van der Waals surface area (Å²) in [4.78, 5) is 16.0. The van der Waals surface area contributed by atoms with Crippen LogP contribution in [0.15, 0.2) is 32.5 Å². The Kier molecular flexibility index (Phi) is 6.27. The van der Waals surface area contributed by atoms with Crippen LogP contribution in [0.25, 0.3) is 17.0 Å². The number of aliphatic hydroxyl groups excluding tert-OH is 1. The van der Waals surface area contributed by atoms with Crippen molar-refractivity contribution in [1.82, 2.24) is 4.57 Å². The van der Waals surface area contributed by atoms with E-state index in [2.05, 4.69) is 20.9 Å². The van der Waals surface area contributed by atoms with Crippen LogP contribution in [0, 0.1) is 17.5 Å². The second kappa shape index (κ2) is 8.07. The zero-order valence-electron chi connectivity index (χ0n) is 13.2. The number of hydrogen-bond acceptors (Lipinski definition) is 4. The monoisotopic (exact) mass is 449 g/mol. The molecule has 0 radical (unpaired) electrons. The Balaban J connectivity index is 3.04. The number of aliphatic imine (C=N–C) groups is 1. The minimum absolute atomic E-state index is 0.0557. The van der Waals surface area contributed by atoms with Crippen LogP contribution in [0.5, 0.6) is 0 Å². The maximum absolute atomic E-state index is 14.3. The molecule has 0 bridgehead atoms. The molecular weight excluding hydrogens is 439 g/mol. The molecule has 1 heterocycles. The van der Waals surface area contributed by atoms with Crippen LogP contribution in [0.4, 0.5) is 13.2 Å². The molecule has 5 nitrogen and oxygen atoms in total. The lowest BCUT2D eigenvalue weighted by Gasteiger charge is -2.18. The number of benzene rings is 1. The average Bonchev–Trinajstić information content (AvgIpc) is 2.56. The standard InChI is InChI=1S/C16H12BrClF3N3O2/c1-23-5-9(17)14(22)8-4-10(18)16(26)24(6-25)15(8)13-11(20)2-7(19)3-12(13)21/h2-5,25H,6,22H2,1H3. The number of hydrogen-bond donors (Lipinski definition) is 2. The van der Waals surface area contributed by atoms with Gasteiger partial charge >= 0.3 is 0 Å². The van der Waals surface area contributed by atoms with E-state index < -0.39 is 41.0 Å². The fourth-order valence-electron chi connectivity index (χ4n) is 2.32. The zero-order chi connectivity index (χ0) is 19.6. The van der Waals surface area contributed by atoms with Crippen molar-refractivity contribution < 1.29 is 18.3 Å². The van der Waals surface area contributed by atoms with E-state index in [1.807, 2.05) is 0 Å². The van der Waals surface area contributed by atoms with E-state index in [9.17, 15) is 23.1 Å². The Bertz CT molecular complexity index is 966. The van der Waals surface area contributed by atoms with Gasteiger partial charge in [-0.15, -0.1) is 0 Å². The summed E-state index contributed by atoms with van der Waals surface area (Å²) in [6.07, 6.45) is 1.32. The molecule has 0 spiro atoms. The highest BCUT2D eigenvalue weighted by molar-refractivity contribution is 9.12. The SMILES string of the molecule is CN=CC(Br)=C(N)c1cc(Cl)c(=O)n(CO)c1-c1c(F)cc(F)cc1F. The van der Waals surface area contributed by atoms with Crippen LogP contribution in [0.3, 0.4) is 0 Å². The van der Waals surface area contributed by atoms with E-state index in [0.29, 0.717) is 16.7 Å². The molecule has 0 saturated heterocycles. The van der Waals surface area contributed by atoms with Gasteiger partial charge in [0.15, 0.2) is 0 Å². The summed E-state index contributed by atoms with van der Waals surface area (Å²) < 4.78 is 42.8. The summed E-state index contributed by atoms with van der Waals surface area (Å²) in [7, 11) is 1.47. The Morgan fingerprint density at radius 3 is 2.42 bits per heavy atom.